The van der Waals surface area contributed by atoms with Crippen LogP contribution in [0, 0.1) is 17.0 Å². The summed E-state index contributed by atoms with van der Waals surface area (Å²) in [5, 5.41) is 24.1. The molecule has 0 atom stereocenters. The lowest BCUT2D eigenvalue weighted by molar-refractivity contribution is 0.437. The predicted molar refractivity (Wildman–Crippen MR) is 110 cm³/mol. The summed E-state index contributed by atoms with van der Waals surface area (Å²) in [6.45, 7) is 3.76. The molecule has 1 aromatic heterocycles. The summed E-state index contributed by atoms with van der Waals surface area (Å²) in [7, 11) is 0. The highest BCUT2D eigenvalue weighted by molar-refractivity contribution is 7.11. The number of hydrogen-bond donors (Lipinski definition) is 4. The van der Waals surface area contributed by atoms with Gasteiger partial charge in [-0.3, -0.25) is 5.41 Å². The molecule has 0 spiro atoms. The van der Waals surface area contributed by atoms with Gasteiger partial charge in [0.2, 0.25) is 5.88 Å². The number of aromatic hydroxyl groups is 1. The summed E-state index contributed by atoms with van der Waals surface area (Å²) >= 11 is 6.77. The first-order valence-electron chi connectivity index (χ1n) is 8.48. The van der Waals surface area contributed by atoms with E-state index in [1.165, 1.54) is 0 Å². The number of ether oxygens (including phenoxy) is 1. The van der Waals surface area contributed by atoms with Crippen LogP contribution < -0.4 is 15.4 Å². The van der Waals surface area contributed by atoms with E-state index in [9.17, 15) is 13.9 Å². The van der Waals surface area contributed by atoms with Gasteiger partial charge in [0.25, 0.3) is 0 Å². The van der Waals surface area contributed by atoms with E-state index in [0.717, 1.165) is 23.7 Å². The van der Waals surface area contributed by atoms with Crippen LogP contribution in [-0.2, 0) is 0 Å². The van der Waals surface area contributed by atoms with Crippen molar-refractivity contribution < 1.29 is 18.6 Å². The van der Waals surface area contributed by atoms with Gasteiger partial charge >= 0.3 is 0 Å². The van der Waals surface area contributed by atoms with Crippen LogP contribution in [-0.4, -0.2) is 21.4 Å². The number of aromatic nitrogens is 1. The summed E-state index contributed by atoms with van der Waals surface area (Å²) in [6.07, 6.45) is 0. The van der Waals surface area contributed by atoms with Gasteiger partial charge < -0.3 is 20.5 Å². The molecular weight excluding hydrogens is 422 g/mol. The van der Waals surface area contributed by atoms with Crippen molar-refractivity contribution in [2.75, 3.05) is 5.32 Å². The molecule has 2 aromatic carbocycles. The molecule has 0 radical (unpaired) electrons. The summed E-state index contributed by atoms with van der Waals surface area (Å²) in [5.74, 6) is -1.90. The molecule has 0 aliphatic carbocycles. The highest BCUT2D eigenvalue weighted by Gasteiger charge is 2.19. The maximum Gasteiger partial charge on any atom is 0.236 e. The third-order valence-corrected chi connectivity index (χ3v) is 4.80. The van der Waals surface area contributed by atoms with Gasteiger partial charge in [-0.25, -0.2) is 8.78 Å². The van der Waals surface area contributed by atoms with Gasteiger partial charge in [0.1, 0.15) is 33.0 Å². The Hall–Kier alpha value is -2.91. The van der Waals surface area contributed by atoms with Gasteiger partial charge in [0.15, 0.2) is 11.6 Å². The SMILES string of the molecule is CC(C)NC(=N)c1c(O)nsc1Nc1ccc(Oc2c(F)ccc(F)c2Cl)cc1. The van der Waals surface area contributed by atoms with E-state index in [-0.39, 0.29) is 29.1 Å². The number of nitrogens with zero attached hydrogens (tertiary/aromatic N) is 1. The predicted octanol–water partition coefficient (Wildman–Crippen LogP) is 5.64. The van der Waals surface area contributed by atoms with Gasteiger partial charge in [0.05, 0.1) is 0 Å². The van der Waals surface area contributed by atoms with Gasteiger partial charge in [-0.15, -0.1) is 0 Å². The minimum atomic E-state index is -0.781. The van der Waals surface area contributed by atoms with Crippen LogP contribution in [0.3, 0.4) is 0 Å². The number of anilines is 2. The van der Waals surface area contributed by atoms with Crippen molar-refractivity contribution in [1.82, 2.24) is 9.69 Å². The second-order valence-electron chi connectivity index (χ2n) is 6.31. The molecule has 0 saturated carbocycles. The molecule has 3 aromatic rings. The molecule has 0 fully saturated rings. The van der Waals surface area contributed by atoms with Crippen molar-refractivity contribution in [2.45, 2.75) is 19.9 Å². The minimum absolute atomic E-state index is 0.0149. The second kappa shape index (κ2) is 8.62. The number of rotatable bonds is 6. The quantitative estimate of drug-likeness (QED) is 0.227. The van der Waals surface area contributed by atoms with Crippen LogP contribution in [0.4, 0.5) is 19.5 Å². The first-order chi connectivity index (χ1) is 13.8. The standard InChI is InChI=1S/C19H17ClF2N4O2S/c1-9(2)24-17(23)14-18(27)26-29-19(14)25-10-3-5-11(6-4-10)28-16-13(22)8-7-12(21)15(16)20/h3-9,25H,1-2H3,(H2,23,24)(H,26,27). The van der Waals surface area contributed by atoms with Crippen LogP contribution >= 0.6 is 23.1 Å². The Labute approximate surface area is 174 Å². The van der Waals surface area contributed by atoms with Crippen molar-refractivity contribution in [1.29, 1.82) is 5.41 Å². The number of benzene rings is 2. The molecule has 0 amide bonds. The molecule has 0 aliphatic rings. The number of hydrogen-bond acceptors (Lipinski definition) is 6. The maximum absolute atomic E-state index is 13.9. The fraction of sp³-hybridized carbons (Fsp3) is 0.158. The summed E-state index contributed by atoms with van der Waals surface area (Å²) in [6, 6.07) is 8.24. The molecule has 0 aliphatic heterocycles. The van der Waals surface area contributed by atoms with E-state index in [2.05, 4.69) is 15.0 Å². The molecule has 0 bridgehead atoms. The number of halogens is 3. The average molecular weight is 439 g/mol. The van der Waals surface area contributed by atoms with E-state index in [4.69, 9.17) is 21.7 Å². The molecular formula is C19H17ClF2N4O2S. The third kappa shape index (κ3) is 4.75. The Morgan fingerprint density at radius 2 is 1.83 bits per heavy atom. The third-order valence-electron chi connectivity index (χ3n) is 3.69. The molecule has 10 heteroatoms. The van der Waals surface area contributed by atoms with E-state index in [1.54, 1.807) is 24.3 Å². The summed E-state index contributed by atoms with van der Waals surface area (Å²) in [4.78, 5) is 0. The van der Waals surface area contributed by atoms with E-state index < -0.39 is 22.4 Å². The highest BCUT2D eigenvalue weighted by atomic mass is 35.5. The van der Waals surface area contributed by atoms with E-state index in [0.29, 0.717) is 10.7 Å². The van der Waals surface area contributed by atoms with Crippen molar-refractivity contribution in [3.8, 4) is 17.4 Å². The molecule has 152 valence electrons. The fourth-order valence-electron chi connectivity index (χ4n) is 2.41. The van der Waals surface area contributed by atoms with Crippen LogP contribution in [0.15, 0.2) is 36.4 Å². The lowest BCUT2D eigenvalue weighted by Crippen LogP contribution is -2.30. The Kier molecular flexibility index (Phi) is 6.19. The van der Waals surface area contributed by atoms with Crippen molar-refractivity contribution in [3.63, 3.8) is 0 Å². The monoisotopic (exact) mass is 438 g/mol. The summed E-state index contributed by atoms with van der Waals surface area (Å²) in [5.41, 5.74) is 0.878. The molecule has 0 saturated heterocycles. The smallest absolute Gasteiger partial charge is 0.236 e. The Bertz CT molecular complexity index is 1040. The second-order valence-corrected chi connectivity index (χ2v) is 7.46. The van der Waals surface area contributed by atoms with Crippen molar-refractivity contribution >= 4 is 39.7 Å². The van der Waals surface area contributed by atoms with Gasteiger partial charge in [0, 0.05) is 11.7 Å². The largest absolute Gasteiger partial charge is 0.492 e. The van der Waals surface area contributed by atoms with Crippen LogP contribution in [0.2, 0.25) is 5.02 Å². The molecule has 4 N–H and O–H groups in total. The Balaban J connectivity index is 1.77. The Morgan fingerprint density at radius 3 is 2.48 bits per heavy atom. The first-order valence-corrected chi connectivity index (χ1v) is 9.64. The normalized spacial score (nSPS) is 10.8. The highest BCUT2D eigenvalue weighted by Crippen LogP contribution is 2.36. The number of nitrogens with one attached hydrogen (secondary N) is 3. The molecule has 3 rings (SSSR count). The van der Waals surface area contributed by atoms with Crippen LogP contribution in [0.25, 0.3) is 0 Å². The average Bonchev–Trinajstić information content (AvgIpc) is 3.03. The van der Waals surface area contributed by atoms with Crippen LogP contribution in [0.5, 0.6) is 17.4 Å². The maximum atomic E-state index is 13.9. The first kappa shape index (κ1) is 20.8. The lowest BCUT2D eigenvalue weighted by Gasteiger charge is -2.13. The van der Waals surface area contributed by atoms with E-state index >= 15 is 0 Å². The molecule has 1 heterocycles. The fourth-order valence-corrected chi connectivity index (χ4v) is 3.32. The lowest BCUT2D eigenvalue weighted by atomic mass is 10.2. The van der Waals surface area contributed by atoms with E-state index in [1.807, 2.05) is 13.8 Å². The molecule has 6 nitrogen and oxygen atoms in total. The zero-order valence-corrected chi connectivity index (χ0v) is 17.0. The zero-order valence-electron chi connectivity index (χ0n) is 15.4. The molecule has 29 heavy (non-hydrogen) atoms. The topological polar surface area (TPSA) is 90.3 Å². The van der Waals surface area contributed by atoms with Crippen molar-refractivity contribution in [2.24, 2.45) is 0 Å². The summed E-state index contributed by atoms with van der Waals surface area (Å²) < 4.78 is 36.6. The van der Waals surface area contributed by atoms with Crippen molar-refractivity contribution in [3.05, 3.63) is 58.6 Å². The van der Waals surface area contributed by atoms with Gasteiger partial charge in [-0.05, 0) is 61.8 Å². The molecule has 0 unspecified atom stereocenters. The van der Waals surface area contributed by atoms with Gasteiger partial charge in [-0.1, -0.05) is 11.6 Å². The Morgan fingerprint density at radius 1 is 1.17 bits per heavy atom. The number of amidine groups is 1. The van der Waals surface area contributed by atoms with Crippen LogP contribution in [0.1, 0.15) is 19.4 Å². The minimum Gasteiger partial charge on any atom is -0.492 e. The zero-order chi connectivity index (χ0) is 21.1. The van der Waals surface area contributed by atoms with Gasteiger partial charge in [-0.2, -0.15) is 4.37 Å².